The van der Waals surface area contributed by atoms with E-state index in [1.807, 2.05) is 6.07 Å². The molecule has 19 heavy (non-hydrogen) atoms. The Morgan fingerprint density at radius 1 is 1.21 bits per heavy atom. The van der Waals surface area contributed by atoms with Crippen molar-refractivity contribution in [1.29, 1.82) is 0 Å². The lowest BCUT2D eigenvalue weighted by Crippen LogP contribution is -1.97. The highest BCUT2D eigenvalue weighted by Gasteiger charge is 2.13. The molecule has 5 nitrogen and oxygen atoms in total. The van der Waals surface area contributed by atoms with E-state index in [1.54, 1.807) is 30.1 Å². The molecular weight excluding hydrogens is 285 g/mol. The van der Waals surface area contributed by atoms with E-state index in [1.165, 1.54) is 0 Å². The lowest BCUT2D eigenvalue weighted by atomic mass is 10.1. The first-order chi connectivity index (χ1) is 9.06. The van der Waals surface area contributed by atoms with Gasteiger partial charge in [0.05, 0.1) is 15.4 Å². The Hall–Kier alpha value is -1.85. The Morgan fingerprint density at radius 3 is 2.74 bits per heavy atom. The van der Waals surface area contributed by atoms with Gasteiger partial charge in [-0.1, -0.05) is 29.3 Å². The maximum Gasteiger partial charge on any atom is 0.222 e. The van der Waals surface area contributed by atoms with Crippen LogP contribution in [0.25, 0.3) is 22.3 Å². The van der Waals surface area contributed by atoms with Crippen LogP contribution in [0, 0.1) is 0 Å². The molecule has 0 aliphatic heterocycles. The van der Waals surface area contributed by atoms with Crippen LogP contribution in [0.5, 0.6) is 0 Å². The highest BCUT2D eigenvalue weighted by molar-refractivity contribution is 6.42. The monoisotopic (exact) mass is 293 g/mol. The lowest BCUT2D eigenvalue weighted by Gasteiger charge is -2.00. The van der Waals surface area contributed by atoms with Gasteiger partial charge in [0.15, 0.2) is 5.65 Å². The quantitative estimate of drug-likeness (QED) is 0.749. The molecule has 96 valence electrons. The largest absolute Gasteiger partial charge is 0.368 e. The summed E-state index contributed by atoms with van der Waals surface area (Å²) in [5, 5.41) is 6.23. The summed E-state index contributed by atoms with van der Waals surface area (Å²) in [6.45, 7) is 0. The number of hydrogen-bond acceptors (Lipinski definition) is 4. The molecule has 2 N–H and O–H groups in total. The average molecular weight is 294 g/mol. The fourth-order valence-corrected chi connectivity index (χ4v) is 2.21. The Balaban J connectivity index is 2.28. The number of aryl methyl sites for hydroxylation is 1. The van der Waals surface area contributed by atoms with Gasteiger partial charge in [-0.15, -0.1) is 0 Å². The third-order valence-electron chi connectivity index (χ3n) is 2.79. The van der Waals surface area contributed by atoms with Gasteiger partial charge in [-0.2, -0.15) is 10.1 Å². The minimum absolute atomic E-state index is 0.219. The van der Waals surface area contributed by atoms with Crippen molar-refractivity contribution in [2.45, 2.75) is 0 Å². The number of benzene rings is 1. The summed E-state index contributed by atoms with van der Waals surface area (Å²) in [6, 6.07) is 5.35. The molecule has 3 aromatic rings. The molecule has 2 heterocycles. The number of fused-ring (bicyclic) bond motifs is 1. The third-order valence-corrected chi connectivity index (χ3v) is 3.53. The van der Waals surface area contributed by atoms with Crippen LogP contribution in [0.3, 0.4) is 0 Å². The smallest absolute Gasteiger partial charge is 0.222 e. The summed E-state index contributed by atoms with van der Waals surface area (Å²) < 4.78 is 1.66. The molecule has 1 aromatic carbocycles. The highest BCUT2D eigenvalue weighted by Crippen LogP contribution is 2.31. The van der Waals surface area contributed by atoms with Crippen molar-refractivity contribution in [1.82, 2.24) is 19.7 Å². The summed E-state index contributed by atoms with van der Waals surface area (Å²) >= 11 is 11.9. The van der Waals surface area contributed by atoms with Crippen LogP contribution in [0.15, 0.2) is 24.4 Å². The van der Waals surface area contributed by atoms with Crippen molar-refractivity contribution in [3.63, 3.8) is 0 Å². The number of nitrogens with zero attached hydrogens (tertiary/aromatic N) is 4. The second-order valence-corrected chi connectivity index (χ2v) is 4.88. The SMILES string of the molecule is Cn1nc(-c2ccc(Cl)c(Cl)c2)c2cnc(N)nc21. The van der Waals surface area contributed by atoms with Crippen molar-refractivity contribution in [3.8, 4) is 11.3 Å². The molecular formula is C12H9Cl2N5. The van der Waals surface area contributed by atoms with Crippen molar-refractivity contribution in [2.24, 2.45) is 7.05 Å². The lowest BCUT2D eigenvalue weighted by molar-refractivity contribution is 0.789. The number of halogens is 2. The Morgan fingerprint density at radius 2 is 2.00 bits per heavy atom. The molecule has 0 atom stereocenters. The van der Waals surface area contributed by atoms with Crippen LogP contribution in [0.4, 0.5) is 5.95 Å². The van der Waals surface area contributed by atoms with E-state index < -0.39 is 0 Å². The summed E-state index contributed by atoms with van der Waals surface area (Å²) in [7, 11) is 1.80. The van der Waals surface area contributed by atoms with Gasteiger partial charge < -0.3 is 5.73 Å². The first kappa shape index (κ1) is 12.2. The minimum atomic E-state index is 0.219. The van der Waals surface area contributed by atoms with Crippen molar-refractivity contribution < 1.29 is 0 Å². The Kier molecular flexibility index (Phi) is 2.80. The summed E-state index contributed by atoms with van der Waals surface area (Å²) in [5.74, 6) is 0.219. The average Bonchev–Trinajstić information content (AvgIpc) is 2.70. The van der Waals surface area contributed by atoms with E-state index in [2.05, 4.69) is 15.1 Å². The molecule has 0 radical (unpaired) electrons. The highest BCUT2D eigenvalue weighted by atomic mass is 35.5. The van der Waals surface area contributed by atoms with Crippen LogP contribution in [0.1, 0.15) is 0 Å². The van der Waals surface area contributed by atoms with E-state index in [0.717, 1.165) is 16.6 Å². The normalized spacial score (nSPS) is 11.1. The van der Waals surface area contributed by atoms with Crippen LogP contribution >= 0.6 is 23.2 Å². The molecule has 0 spiro atoms. The second-order valence-electron chi connectivity index (χ2n) is 4.07. The Labute approximate surface area is 119 Å². The van der Waals surface area contributed by atoms with E-state index >= 15 is 0 Å². The molecule has 0 saturated carbocycles. The molecule has 0 fully saturated rings. The molecule has 0 amide bonds. The number of anilines is 1. The van der Waals surface area contributed by atoms with E-state index in [9.17, 15) is 0 Å². The van der Waals surface area contributed by atoms with Crippen LogP contribution in [-0.2, 0) is 7.05 Å². The fraction of sp³-hybridized carbons (Fsp3) is 0.0833. The third kappa shape index (κ3) is 2.01. The van der Waals surface area contributed by atoms with E-state index in [-0.39, 0.29) is 5.95 Å². The number of nitrogens with two attached hydrogens (primary N) is 1. The van der Waals surface area contributed by atoms with Gasteiger partial charge in [-0.25, -0.2) is 9.67 Å². The zero-order valence-corrected chi connectivity index (χ0v) is 11.4. The maximum atomic E-state index is 6.03. The van der Waals surface area contributed by atoms with Gasteiger partial charge in [0.25, 0.3) is 0 Å². The summed E-state index contributed by atoms with van der Waals surface area (Å²) in [6.07, 6.45) is 1.66. The van der Waals surface area contributed by atoms with Crippen LogP contribution in [0.2, 0.25) is 10.0 Å². The van der Waals surface area contributed by atoms with Gasteiger partial charge in [-0.05, 0) is 12.1 Å². The van der Waals surface area contributed by atoms with Gasteiger partial charge in [-0.3, -0.25) is 0 Å². The molecule has 2 aromatic heterocycles. The van der Waals surface area contributed by atoms with E-state index in [0.29, 0.717) is 15.7 Å². The van der Waals surface area contributed by atoms with Crippen molar-refractivity contribution in [3.05, 3.63) is 34.4 Å². The van der Waals surface area contributed by atoms with Crippen LogP contribution in [-0.4, -0.2) is 19.7 Å². The maximum absolute atomic E-state index is 6.03. The molecule has 0 aliphatic carbocycles. The summed E-state index contributed by atoms with van der Waals surface area (Å²) in [4.78, 5) is 8.17. The predicted octanol–water partition coefficient (Wildman–Crippen LogP) is 2.92. The molecule has 7 heteroatoms. The Bertz CT molecular complexity index is 781. The number of hydrogen-bond donors (Lipinski definition) is 1. The number of rotatable bonds is 1. The molecule has 3 rings (SSSR count). The van der Waals surface area contributed by atoms with E-state index in [4.69, 9.17) is 28.9 Å². The molecule has 0 saturated heterocycles. The second kappa shape index (κ2) is 4.36. The summed E-state index contributed by atoms with van der Waals surface area (Å²) in [5.41, 5.74) is 7.86. The van der Waals surface area contributed by atoms with Gasteiger partial charge >= 0.3 is 0 Å². The standard InChI is InChI=1S/C12H9Cl2N5/c1-19-11-7(5-16-12(15)17-11)10(18-19)6-2-3-8(13)9(14)4-6/h2-5H,1H3,(H2,15,16,17). The first-order valence-corrected chi connectivity index (χ1v) is 6.22. The minimum Gasteiger partial charge on any atom is -0.368 e. The van der Waals surface area contributed by atoms with Gasteiger partial charge in [0.2, 0.25) is 5.95 Å². The predicted molar refractivity (Wildman–Crippen MR) is 76.2 cm³/mol. The fourth-order valence-electron chi connectivity index (χ4n) is 1.91. The van der Waals surface area contributed by atoms with Crippen molar-refractivity contribution in [2.75, 3.05) is 5.73 Å². The first-order valence-electron chi connectivity index (χ1n) is 5.47. The molecule has 0 unspecified atom stereocenters. The zero-order chi connectivity index (χ0) is 13.6. The molecule has 0 aliphatic rings. The zero-order valence-electron chi connectivity index (χ0n) is 9.93. The molecule has 0 bridgehead atoms. The van der Waals surface area contributed by atoms with Crippen LogP contribution < -0.4 is 5.73 Å². The number of nitrogen functional groups attached to an aromatic ring is 1. The van der Waals surface area contributed by atoms with Gasteiger partial charge in [0.1, 0.15) is 5.69 Å². The van der Waals surface area contributed by atoms with Gasteiger partial charge in [0, 0.05) is 18.8 Å². The topological polar surface area (TPSA) is 69.6 Å². The number of aromatic nitrogens is 4. The van der Waals surface area contributed by atoms with Crippen molar-refractivity contribution >= 4 is 40.2 Å².